The van der Waals surface area contributed by atoms with Crippen LogP contribution in [0.5, 0.6) is 0 Å². The highest BCUT2D eigenvalue weighted by Gasteiger charge is 2.20. The van der Waals surface area contributed by atoms with E-state index in [4.69, 9.17) is 9.72 Å². The summed E-state index contributed by atoms with van der Waals surface area (Å²) < 4.78 is 7.17. The van der Waals surface area contributed by atoms with Gasteiger partial charge in [-0.3, -0.25) is 4.98 Å². The minimum atomic E-state index is 0.500. The van der Waals surface area contributed by atoms with Crippen molar-refractivity contribution in [2.75, 3.05) is 31.2 Å². The number of benzene rings is 1. The monoisotopic (exact) mass is 347 g/mol. The molecule has 1 aliphatic rings. The second-order valence-corrected chi connectivity index (χ2v) is 6.31. The fraction of sp³-hybridized carbons (Fsp3) is 0.278. The minimum absolute atomic E-state index is 0.500. The van der Waals surface area contributed by atoms with Gasteiger partial charge in [-0.05, 0) is 36.8 Å². The standard InChI is InChI=1S/C18H17N7O/c1-12-4-5-13-15(11-12)25(23-22-13)18-20-14-3-2-6-19-16(14)17(21-18)24-7-9-26-10-8-24/h2-6,11H,7-10H2,1H3. The molecule has 8 heteroatoms. The van der Waals surface area contributed by atoms with E-state index in [1.165, 1.54) is 0 Å². The van der Waals surface area contributed by atoms with Crippen molar-refractivity contribution in [3.63, 3.8) is 0 Å². The number of ether oxygens (including phenoxy) is 1. The van der Waals surface area contributed by atoms with Crippen molar-refractivity contribution in [2.45, 2.75) is 6.92 Å². The van der Waals surface area contributed by atoms with Gasteiger partial charge in [0.1, 0.15) is 11.0 Å². The summed E-state index contributed by atoms with van der Waals surface area (Å²) in [6, 6.07) is 9.85. The van der Waals surface area contributed by atoms with Gasteiger partial charge in [-0.15, -0.1) is 5.10 Å². The highest BCUT2D eigenvalue weighted by molar-refractivity contribution is 5.86. The van der Waals surface area contributed by atoms with Crippen LogP contribution in [0.3, 0.4) is 0 Å². The Balaban J connectivity index is 1.73. The summed E-state index contributed by atoms with van der Waals surface area (Å²) in [4.78, 5) is 16.2. The molecule has 1 aliphatic heterocycles. The van der Waals surface area contributed by atoms with Crippen LogP contribution >= 0.6 is 0 Å². The summed E-state index contributed by atoms with van der Waals surface area (Å²) in [6.07, 6.45) is 1.77. The van der Waals surface area contributed by atoms with Gasteiger partial charge in [0.2, 0.25) is 0 Å². The molecule has 5 rings (SSSR count). The topological polar surface area (TPSA) is 81.9 Å². The Labute approximate surface area is 149 Å². The van der Waals surface area contributed by atoms with Gasteiger partial charge < -0.3 is 9.64 Å². The molecule has 0 atom stereocenters. The highest BCUT2D eigenvalue weighted by atomic mass is 16.5. The summed E-state index contributed by atoms with van der Waals surface area (Å²) in [6.45, 7) is 4.96. The summed E-state index contributed by atoms with van der Waals surface area (Å²) >= 11 is 0. The molecule has 0 unspecified atom stereocenters. The molecule has 1 aromatic carbocycles. The number of morpholine rings is 1. The lowest BCUT2D eigenvalue weighted by atomic mass is 10.2. The van der Waals surface area contributed by atoms with Gasteiger partial charge in [-0.25, -0.2) is 4.98 Å². The predicted molar refractivity (Wildman–Crippen MR) is 97.5 cm³/mol. The zero-order valence-corrected chi connectivity index (χ0v) is 14.3. The summed E-state index contributed by atoms with van der Waals surface area (Å²) in [5, 5.41) is 8.52. The number of rotatable bonds is 2. The molecular formula is C18H17N7O. The first-order chi connectivity index (χ1) is 12.8. The number of aromatic nitrogens is 6. The van der Waals surface area contributed by atoms with Crippen LogP contribution < -0.4 is 4.90 Å². The van der Waals surface area contributed by atoms with E-state index < -0.39 is 0 Å². The molecule has 1 fully saturated rings. The van der Waals surface area contributed by atoms with Crippen LogP contribution in [-0.2, 0) is 4.74 Å². The summed E-state index contributed by atoms with van der Waals surface area (Å²) in [7, 11) is 0. The number of aryl methyl sites for hydroxylation is 1. The molecule has 130 valence electrons. The average Bonchev–Trinajstić information content (AvgIpc) is 3.11. The number of fused-ring (bicyclic) bond motifs is 2. The highest BCUT2D eigenvalue weighted by Crippen LogP contribution is 2.25. The molecule has 0 bridgehead atoms. The Kier molecular flexibility index (Phi) is 3.49. The molecule has 8 nitrogen and oxygen atoms in total. The molecule has 0 spiro atoms. The Morgan fingerprint density at radius 3 is 2.81 bits per heavy atom. The first-order valence-corrected chi connectivity index (χ1v) is 8.57. The van der Waals surface area contributed by atoms with Gasteiger partial charge in [-0.1, -0.05) is 11.3 Å². The largest absolute Gasteiger partial charge is 0.378 e. The van der Waals surface area contributed by atoms with E-state index in [1.54, 1.807) is 10.9 Å². The molecule has 0 aliphatic carbocycles. The molecule has 0 N–H and O–H groups in total. The molecule has 0 amide bonds. The Bertz CT molecular complexity index is 1100. The van der Waals surface area contributed by atoms with Crippen molar-refractivity contribution < 1.29 is 4.74 Å². The molecule has 0 saturated carbocycles. The quantitative estimate of drug-likeness (QED) is 0.548. The first kappa shape index (κ1) is 15.2. The maximum Gasteiger partial charge on any atom is 0.255 e. The molecule has 0 radical (unpaired) electrons. The fourth-order valence-electron chi connectivity index (χ4n) is 3.21. The lowest BCUT2D eigenvalue weighted by Gasteiger charge is -2.28. The van der Waals surface area contributed by atoms with E-state index in [0.29, 0.717) is 19.2 Å². The molecule has 3 aromatic heterocycles. The first-order valence-electron chi connectivity index (χ1n) is 8.57. The second-order valence-electron chi connectivity index (χ2n) is 6.31. The van der Waals surface area contributed by atoms with Crippen LogP contribution in [0.1, 0.15) is 5.56 Å². The zero-order chi connectivity index (χ0) is 17.5. The summed E-state index contributed by atoms with van der Waals surface area (Å²) in [5.74, 6) is 1.31. The average molecular weight is 347 g/mol. The van der Waals surface area contributed by atoms with Gasteiger partial charge >= 0.3 is 0 Å². The van der Waals surface area contributed by atoms with Crippen LogP contribution in [0, 0.1) is 6.92 Å². The Morgan fingerprint density at radius 1 is 1.04 bits per heavy atom. The van der Waals surface area contributed by atoms with E-state index in [1.807, 2.05) is 37.3 Å². The van der Waals surface area contributed by atoms with Crippen LogP contribution in [0.15, 0.2) is 36.5 Å². The van der Waals surface area contributed by atoms with Gasteiger partial charge in [0.05, 0.1) is 24.2 Å². The second kappa shape index (κ2) is 5.99. The number of pyridine rings is 1. The normalized spacial score (nSPS) is 15.0. The zero-order valence-electron chi connectivity index (χ0n) is 14.3. The smallest absolute Gasteiger partial charge is 0.255 e. The van der Waals surface area contributed by atoms with Crippen molar-refractivity contribution in [1.82, 2.24) is 29.9 Å². The van der Waals surface area contributed by atoms with Gasteiger partial charge in [0, 0.05) is 19.3 Å². The summed E-state index contributed by atoms with van der Waals surface area (Å²) in [5.41, 5.74) is 4.42. The van der Waals surface area contributed by atoms with Crippen molar-refractivity contribution in [1.29, 1.82) is 0 Å². The minimum Gasteiger partial charge on any atom is -0.378 e. The van der Waals surface area contributed by atoms with Crippen LogP contribution in [0.4, 0.5) is 5.82 Å². The molecule has 4 heterocycles. The van der Waals surface area contributed by atoms with E-state index in [0.717, 1.165) is 46.5 Å². The van der Waals surface area contributed by atoms with E-state index in [2.05, 4.69) is 25.2 Å². The molecule has 1 saturated heterocycles. The van der Waals surface area contributed by atoms with Crippen molar-refractivity contribution in [3.8, 4) is 5.95 Å². The number of hydrogen-bond acceptors (Lipinski definition) is 7. The molecule has 4 aromatic rings. The van der Waals surface area contributed by atoms with Crippen LogP contribution in [-0.4, -0.2) is 56.2 Å². The van der Waals surface area contributed by atoms with Crippen LogP contribution in [0.2, 0.25) is 0 Å². The molecular weight excluding hydrogens is 330 g/mol. The van der Waals surface area contributed by atoms with E-state index in [-0.39, 0.29) is 0 Å². The maximum atomic E-state index is 5.47. The predicted octanol–water partition coefficient (Wildman–Crippen LogP) is 1.90. The number of hydrogen-bond donors (Lipinski definition) is 0. The van der Waals surface area contributed by atoms with E-state index in [9.17, 15) is 0 Å². The SMILES string of the molecule is Cc1ccc2nnn(-c3nc(N4CCOCC4)c4ncccc4n3)c2c1. The van der Waals surface area contributed by atoms with Gasteiger partial charge in [0.25, 0.3) is 5.95 Å². The number of anilines is 1. The number of nitrogens with zero attached hydrogens (tertiary/aromatic N) is 7. The third kappa shape index (κ3) is 2.46. The van der Waals surface area contributed by atoms with Crippen molar-refractivity contribution in [2.24, 2.45) is 0 Å². The Morgan fingerprint density at radius 2 is 1.92 bits per heavy atom. The van der Waals surface area contributed by atoms with E-state index >= 15 is 0 Å². The molecule has 26 heavy (non-hydrogen) atoms. The fourth-order valence-corrected chi connectivity index (χ4v) is 3.21. The lowest BCUT2D eigenvalue weighted by Crippen LogP contribution is -2.37. The Hall–Kier alpha value is -3.13. The maximum absolute atomic E-state index is 5.47. The van der Waals surface area contributed by atoms with Crippen LogP contribution in [0.25, 0.3) is 28.0 Å². The lowest BCUT2D eigenvalue weighted by molar-refractivity contribution is 0.122. The van der Waals surface area contributed by atoms with Gasteiger partial charge in [-0.2, -0.15) is 9.67 Å². The third-order valence-electron chi connectivity index (χ3n) is 4.53. The van der Waals surface area contributed by atoms with Crippen molar-refractivity contribution in [3.05, 3.63) is 42.1 Å². The van der Waals surface area contributed by atoms with Crippen molar-refractivity contribution >= 4 is 27.9 Å². The van der Waals surface area contributed by atoms with Gasteiger partial charge in [0.15, 0.2) is 5.82 Å². The third-order valence-corrected chi connectivity index (χ3v) is 4.53.